The first-order chi connectivity index (χ1) is 13.5. The van der Waals surface area contributed by atoms with Crippen LogP contribution in [0.25, 0.3) is 21.5 Å². The summed E-state index contributed by atoms with van der Waals surface area (Å²) < 4.78 is 10.7. The van der Waals surface area contributed by atoms with Gasteiger partial charge >= 0.3 is 11.6 Å². The zero-order chi connectivity index (χ0) is 19.7. The van der Waals surface area contributed by atoms with Crippen molar-refractivity contribution in [1.29, 1.82) is 0 Å². The van der Waals surface area contributed by atoms with Crippen LogP contribution in [0, 0.1) is 13.8 Å². The first-order valence-corrected chi connectivity index (χ1v) is 9.61. The highest BCUT2D eigenvalue weighted by Gasteiger charge is 2.15. The normalized spacial score (nSPS) is 10.9. The minimum absolute atomic E-state index is 0.0262. The lowest BCUT2D eigenvalue weighted by Gasteiger charge is -2.08. The molecule has 0 amide bonds. The lowest BCUT2D eigenvalue weighted by atomic mass is 10.0. The maximum atomic E-state index is 12.4. The third-order valence-electron chi connectivity index (χ3n) is 4.54. The number of hydrogen-bond acceptors (Lipinski definition) is 6. The fourth-order valence-electron chi connectivity index (χ4n) is 2.90. The Morgan fingerprint density at radius 2 is 1.86 bits per heavy atom. The third-order valence-corrected chi connectivity index (χ3v) is 5.43. The number of hydrogen-bond donors (Lipinski definition) is 0. The number of fused-ring (bicyclic) bond motifs is 1. The van der Waals surface area contributed by atoms with Gasteiger partial charge in [-0.15, -0.1) is 11.3 Å². The Labute approximate surface area is 165 Å². The zero-order valence-electron chi connectivity index (χ0n) is 15.4. The molecule has 0 fully saturated rings. The van der Waals surface area contributed by atoms with Crippen LogP contribution in [0.2, 0.25) is 0 Å². The Bertz CT molecular complexity index is 1220. The van der Waals surface area contributed by atoms with Crippen LogP contribution >= 0.6 is 11.3 Å². The summed E-state index contributed by atoms with van der Waals surface area (Å²) in [6.45, 7) is 3.91. The number of thiazole rings is 1. The van der Waals surface area contributed by atoms with Gasteiger partial charge in [0.05, 0.1) is 0 Å². The topological polar surface area (TPSA) is 69.4 Å². The van der Waals surface area contributed by atoms with Crippen LogP contribution in [0.1, 0.15) is 27.2 Å². The van der Waals surface area contributed by atoms with Crippen molar-refractivity contribution in [1.82, 2.24) is 4.98 Å². The van der Waals surface area contributed by atoms with E-state index in [0.29, 0.717) is 11.1 Å². The average molecular weight is 391 g/mol. The first-order valence-electron chi connectivity index (χ1n) is 8.73. The highest BCUT2D eigenvalue weighted by Crippen LogP contribution is 2.25. The lowest BCUT2D eigenvalue weighted by Crippen LogP contribution is -2.08. The molecule has 28 heavy (non-hydrogen) atoms. The van der Waals surface area contributed by atoms with Crippen molar-refractivity contribution >= 4 is 28.3 Å². The number of carbonyl (C=O) groups excluding carboxylic acids is 1. The van der Waals surface area contributed by atoms with Crippen molar-refractivity contribution in [2.24, 2.45) is 0 Å². The van der Waals surface area contributed by atoms with Gasteiger partial charge in [0.1, 0.15) is 17.2 Å². The molecule has 5 nitrogen and oxygen atoms in total. The molecule has 2 heterocycles. The minimum atomic E-state index is -0.524. The molecule has 0 radical (unpaired) electrons. The van der Waals surface area contributed by atoms with Gasteiger partial charge in [-0.1, -0.05) is 30.3 Å². The molecule has 0 aliphatic heterocycles. The number of ether oxygens (including phenoxy) is 1. The van der Waals surface area contributed by atoms with E-state index in [2.05, 4.69) is 4.98 Å². The molecule has 0 saturated heterocycles. The van der Waals surface area contributed by atoms with Crippen LogP contribution in [0.3, 0.4) is 0 Å². The smallest absolute Gasteiger partial charge is 0.358 e. The zero-order valence-corrected chi connectivity index (χ0v) is 16.2. The number of benzene rings is 2. The SMILES string of the molecule is Cc1cc2oc(=O)cc(COC(=O)c3csc(-c4ccccc4)n3)c2cc1C. The second-order valence-corrected chi connectivity index (χ2v) is 7.36. The maximum Gasteiger partial charge on any atom is 0.358 e. The van der Waals surface area contributed by atoms with Gasteiger partial charge in [0.15, 0.2) is 5.69 Å². The van der Waals surface area contributed by atoms with E-state index in [0.717, 1.165) is 27.1 Å². The molecule has 6 heteroatoms. The molecule has 140 valence electrons. The second-order valence-electron chi connectivity index (χ2n) is 6.50. The lowest BCUT2D eigenvalue weighted by molar-refractivity contribution is 0.0468. The molecule has 0 aliphatic carbocycles. The fourth-order valence-corrected chi connectivity index (χ4v) is 3.70. The molecule has 4 aromatic rings. The summed E-state index contributed by atoms with van der Waals surface area (Å²) in [5, 5.41) is 3.19. The van der Waals surface area contributed by atoms with Gasteiger partial charge in [0, 0.05) is 28.0 Å². The number of aromatic nitrogens is 1. The molecule has 0 N–H and O–H groups in total. The van der Waals surface area contributed by atoms with E-state index >= 15 is 0 Å². The number of carbonyl (C=O) groups is 1. The number of aryl methyl sites for hydroxylation is 2. The molecular formula is C22H17NO4S. The minimum Gasteiger partial charge on any atom is -0.456 e. The summed E-state index contributed by atoms with van der Waals surface area (Å²) in [5.74, 6) is -0.524. The summed E-state index contributed by atoms with van der Waals surface area (Å²) >= 11 is 1.38. The molecular weight excluding hydrogens is 374 g/mol. The predicted octanol–water partition coefficient (Wildman–Crippen LogP) is 4.89. The molecule has 0 bridgehead atoms. The van der Waals surface area contributed by atoms with Crippen molar-refractivity contribution < 1.29 is 13.9 Å². The van der Waals surface area contributed by atoms with Crippen LogP contribution in [0.4, 0.5) is 0 Å². The summed E-state index contributed by atoms with van der Waals surface area (Å²) in [7, 11) is 0. The van der Waals surface area contributed by atoms with E-state index in [-0.39, 0.29) is 12.3 Å². The molecule has 0 aliphatic rings. The van der Waals surface area contributed by atoms with Crippen LogP contribution in [-0.4, -0.2) is 11.0 Å². The summed E-state index contributed by atoms with van der Waals surface area (Å²) in [4.78, 5) is 28.6. The molecule has 2 aromatic carbocycles. The molecule has 4 rings (SSSR count). The van der Waals surface area contributed by atoms with E-state index in [1.165, 1.54) is 17.4 Å². The summed E-state index contributed by atoms with van der Waals surface area (Å²) in [6, 6.07) is 14.8. The first kappa shape index (κ1) is 18.1. The average Bonchev–Trinajstić information content (AvgIpc) is 3.18. The van der Waals surface area contributed by atoms with Gasteiger partial charge in [-0.05, 0) is 37.1 Å². The molecule has 0 saturated carbocycles. The van der Waals surface area contributed by atoms with Crippen LogP contribution < -0.4 is 5.63 Å². The van der Waals surface area contributed by atoms with Crippen molar-refractivity contribution in [2.75, 3.05) is 0 Å². The van der Waals surface area contributed by atoms with Crippen LogP contribution in [0.15, 0.2) is 63.1 Å². The van der Waals surface area contributed by atoms with E-state index in [4.69, 9.17) is 9.15 Å². The monoisotopic (exact) mass is 391 g/mol. The van der Waals surface area contributed by atoms with Gasteiger partial charge in [-0.3, -0.25) is 0 Å². The van der Waals surface area contributed by atoms with Crippen molar-refractivity contribution in [3.63, 3.8) is 0 Å². The van der Waals surface area contributed by atoms with Crippen molar-refractivity contribution in [3.8, 4) is 10.6 Å². The second kappa shape index (κ2) is 7.40. The van der Waals surface area contributed by atoms with Gasteiger partial charge in [0.25, 0.3) is 0 Å². The van der Waals surface area contributed by atoms with Crippen molar-refractivity contribution in [3.05, 3.63) is 86.7 Å². The summed E-state index contributed by atoms with van der Waals surface area (Å²) in [6.07, 6.45) is 0. The largest absolute Gasteiger partial charge is 0.456 e. The summed E-state index contributed by atoms with van der Waals surface area (Å²) in [5.41, 5.74) is 3.93. The number of nitrogens with zero attached hydrogens (tertiary/aromatic N) is 1. The Morgan fingerprint density at radius 1 is 1.11 bits per heavy atom. The Hall–Kier alpha value is -3.25. The number of rotatable bonds is 4. The Kier molecular flexibility index (Phi) is 4.79. The van der Waals surface area contributed by atoms with E-state index < -0.39 is 11.6 Å². The maximum absolute atomic E-state index is 12.4. The molecule has 0 atom stereocenters. The Balaban J connectivity index is 1.56. The van der Waals surface area contributed by atoms with Crippen LogP contribution in [-0.2, 0) is 11.3 Å². The van der Waals surface area contributed by atoms with E-state index in [1.807, 2.05) is 56.3 Å². The molecule has 0 spiro atoms. The fraction of sp³-hybridized carbons (Fsp3) is 0.136. The molecule has 2 aromatic heterocycles. The number of esters is 1. The van der Waals surface area contributed by atoms with Gasteiger partial charge in [-0.2, -0.15) is 0 Å². The third kappa shape index (κ3) is 3.59. The molecule has 0 unspecified atom stereocenters. The Morgan fingerprint density at radius 3 is 2.64 bits per heavy atom. The van der Waals surface area contributed by atoms with Crippen molar-refractivity contribution in [2.45, 2.75) is 20.5 Å². The standard InChI is InChI=1S/C22H17NO4S/c1-13-8-17-16(10-20(24)27-19(17)9-14(13)2)11-26-22(25)18-12-28-21(23-18)15-6-4-3-5-7-15/h3-10,12H,11H2,1-2H3. The predicted molar refractivity (Wildman–Crippen MR) is 109 cm³/mol. The highest BCUT2D eigenvalue weighted by molar-refractivity contribution is 7.13. The van der Waals surface area contributed by atoms with Gasteiger partial charge in [0.2, 0.25) is 0 Å². The van der Waals surface area contributed by atoms with Crippen LogP contribution in [0.5, 0.6) is 0 Å². The van der Waals surface area contributed by atoms with Gasteiger partial charge in [-0.25, -0.2) is 14.6 Å². The quantitative estimate of drug-likeness (QED) is 0.366. The highest BCUT2D eigenvalue weighted by atomic mass is 32.1. The van der Waals surface area contributed by atoms with E-state index in [1.54, 1.807) is 5.38 Å². The van der Waals surface area contributed by atoms with E-state index in [9.17, 15) is 9.59 Å². The van der Waals surface area contributed by atoms with Gasteiger partial charge < -0.3 is 9.15 Å².